The van der Waals surface area contributed by atoms with Gasteiger partial charge in [0.25, 0.3) is 0 Å². The van der Waals surface area contributed by atoms with Gasteiger partial charge in [0.05, 0.1) is 5.69 Å². The number of anilines is 1. The second-order valence-corrected chi connectivity index (χ2v) is 5.05. The number of nitrogens with zero attached hydrogens (tertiary/aromatic N) is 1. The molecule has 2 N–H and O–H groups in total. The number of halogens is 2. The first-order chi connectivity index (χ1) is 10.2. The van der Waals surface area contributed by atoms with E-state index in [-0.39, 0.29) is 5.82 Å². The summed E-state index contributed by atoms with van der Waals surface area (Å²) in [4.78, 5) is 0. The van der Waals surface area contributed by atoms with E-state index in [1.54, 1.807) is 12.3 Å². The van der Waals surface area contributed by atoms with Crippen molar-refractivity contribution in [1.29, 1.82) is 0 Å². The zero-order chi connectivity index (χ0) is 14.7. The molecule has 0 fully saturated rings. The van der Waals surface area contributed by atoms with Crippen LogP contribution in [0.25, 0.3) is 11.3 Å². The van der Waals surface area contributed by atoms with Crippen molar-refractivity contribution in [3.8, 4) is 11.3 Å². The molecule has 0 saturated heterocycles. The standard InChI is InChI=1S/C16H13ClFN3/c17-15-9-13(18)5-4-12(15)10-19-14-3-1-2-11(8-14)16-6-7-20-21-16/h1-9,19H,10H2,(H,20,21). The van der Waals surface area contributed by atoms with Crippen molar-refractivity contribution in [3.63, 3.8) is 0 Å². The molecule has 0 aliphatic heterocycles. The lowest BCUT2D eigenvalue weighted by Gasteiger charge is -2.09. The van der Waals surface area contributed by atoms with E-state index >= 15 is 0 Å². The summed E-state index contributed by atoms with van der Waals surface area (Å²) >= 11 is 6.01. The van der Waals surface area contributed by atoms with Gasteiger partial charge in [0, 0.05) is 29.0 Å². The van der Waals surface area contributed by atoms with E-state index < -0.39 is 0 Å². The summed E-state index contributed by atoms with van der Waals surface area (Å²) in [7, 11) is 0. The first-order valence-corrected chi connectivity index (χ1v) is 6.88. The highest BCUT2D eigenvalue weighted by Crippen LogP contribution is 2.22. The lowest BCUT2D eigenvalue weighted by molar-refractivity contribution is 0.627. The average molecular weight is 302 g/mol. The van der Waals surface area contributed by atoms with Gasteiger partial charge >= 0.3 is 0 Å². The van der Waals surface area contributed by atoms with Gasteiger partial charge in [-0.15, -0.1) is 0 Å². The van der Waals surface area contributed by atoms with Gasteiger partial charge in [0.2, 0.25) is 0 Å². The van der Waals surface area contributed by atoms with Gasteiger partial charge in [0.15, 0.2) is 0 Å². The summed E-state index contributed by atoms with van der Waals surface area (Å²) in [6.45, 7) is 0.533. The fourth-order valence-electron chi connectivity index (χ4n) is 2.08. The first-order valence-electron chi connectivity index (χ1n) is 6.50. The van der Waals surface area contributed by atoms with Crippen LogP contribution in [0.15, 0.2) is 54.7 Å². The molecule has 0 atom stereocenters. The van der Waals surface area contributed by atoms with Gasteiger partial charge in [-0.1, -0.05) is 29.8 Å². The molecule has 1 aromatic heterocycles. The van der Waals surface area contributed by atoms with Crippen LogP contribution in [0.2, 0.25) is 5.02 Å². The molecule has 1 heterocycles. The molecule has 0 saturated carbocycles. The van der Waals surface area contributed by atoms with Crippen LogP contribution in [0.4, 0.5) is 10.1 Å². The van der Waals surface area contributed by atoms with Crippen molar-refractivity contribution >= 4 is 17.3 Å². The summed E-state index contributed by atoms with van der Waals surface area (Å²) in [5.41, 5.74) is 3.81. The molecule has 2 aromatic carbocycles. The summed E-state index contributed by atoms with van der Waals surface area (Å²) in [6.07, 6.45) is 1.72. The van der Waals surface area contributed by atoms with E-state index in [1.165, 1.54) is 12.1 Å². The van der Waals surface area contributed by atoms with Gasteiger partial charge in [-0.05, 0) is 35.9 Å². The van der Waals surface area contributed by atoms with Crippen molar-refractivity contribution in [1.82, 2.24) is 10.2 Å². The third kappa shape index (κ3) is 3.23. The van der Waals surface area contributed by atoms with Crippen molar-refractivity contribution in [2.45, 2.75) is 6.54 Å². The topological polar surface area (TPSA) is 40.7 Å². The first kappa shape index (κ1) is 13.6. The van der Waals surface area contributed by atoms with Crippen LogP contribution < -0.4 is 5.32 Å². The summed E-state index contributed by atoms with van der Waals surface area (Å²) in [6, 6.07) is 14.3. The molecule has 3 aromatic rings. The number of hydrogen-bond acceptors (Lipinski definition) is 2. The predicted octanol–water partition coefficient (Wildman–Crippen LogP) is 4.48. The average Bonchev–Trinajstić information content (AvgIpc) is 3.01. The Hall–Kier alpha value is -2.33. The second kappa shape index (κ2) is 5.97. The fraction of sp³-hybridized carbons (Fsp3) is 0.0625. The number of aromatic nitrogens is 2. The van der Waals surface area contributed by atoms with Crippen molar-refractivity contribution in [3.05, 3.63) is 71.1 Å². The molecular formula is C16H13ClFN3. The zero-order valence-electron chi connectivity index (χ0n) is 11.1. The van der Waals surface area contributed by atoms with Gasteiger partial charge in [-0.25, -0.2) is 4.39 Å². The van der Waals surface area contributed by atoms with E-state index in [0.717, 1.165) is 22.5 Å². The van der Waals surface area contributed by atoms with E-state index in [9.17, 15) is 4.39 Å². The van der Waals surface area contributed by atoms with Crippen molar-refractivity contribution in [2.75, 3.05) is 5.32 Å². The molecule has 0 aliphatic carbocycles. The fourth-order valence-corrected chi connectivity index (χ4v) is 2.31. The Labute approximate surface area is 126 Å². The Bertz CT molecular complexity index is 741. The SMILES string of the molecule is Fc1ccc(CNc2cccc(-c3ccn[nH]3)c2)c(Cl)c1. The number of rotatable bonds is 4. The highest BCUT2D eigenvalue weighted by atomic mass is 35.5. The molecule has 21 heavy (non-hydrogen) atoms. The maximum Gasteiger partial charge on any atom is 0.124 e. The normalized spacial score (nSPS) is 10.6. The quantitative estimate of drug-likeness (QED) is 0.746. The zero-order valence-corrected chi connectivity index (χ0v) is 11.9. The van der Waals surface area contributed by atoms with Crippen LogP contribution in [0, 0.1) is 5.82 Å². The van der Waals surface area contributed by atoms with Crippen LogP contribution in [-0.4, -0.2) is 10.2 Å². The molecule has 5 heteroatoms. The minimum Gasteiger partial charge on any atom is -0.381 e. The van der Waals surface area contributed by atoms with Crippen LogP contribution in [-0.2, 0) is 6.54 Å². The molecular weight excluding hydrogens is 289 g/mol. The van der Waals surface area contributed by atoms with Crippen molar-refractivity contribution < 1.29 is 4.39 Å². The molecule has 0 amide bonds. The maximum absolute atomic E-state index is 13.0. The Balaban J connectivity index is 1.75. The summed E-state index contributed by atoms with van der Waals surface area (Å²) in [5, 5.41) is 10.6. The molecule has 0 bridgehead atoms. The second-order valence-electron chi connectivity index (χ2n) is 4.64. The van der Waals surface area contributed by atoms with Gasteiger partial charge in [-0.2, -0.15) is 5.10 Å². The summed E-state index contributed by atoms with van der Waals surface area (Å²) < 4.78 is 13.0. The molecule has 0 unspecified atom stereocenters. The number of H-pyrrole nitrogens is 1. The number of nitrogens with one attached hydrogen (secondary N) is 2. The lowest BCUT2D eigenvalue weighted by atomic mass is 10.1. The van der Waals surface area contributed by atoms with E-state index in [4.69, 9.17) is 11.6 Å². The number of aromatic amines is 1. The largest absolute Gasteiger partial charge is 0.381 e. The lowest BCUT2D eigenvalue weighted by Crippen LogP contribution is -2.00. The van der Waals surface area contributed by atoms with E-state index in [2.05, 4.69) is 15.5 Å². The minimum atomic E-state index is -0.329. The third-order valence-corrected chi connectivity index (χ3v) is 3.52. The van der Waals surface area contributed by atoms with E-state index in [1.807, 2.05) is 30.3 Å². The van der Waals surface area contributed by atoms with Crippen molar-refractivity contribution in [2.24, 2.45) is 0 Å². The Morgan fingerprint density at radius 3 is 2.81 bits per heavy atom. The maximum atomic E-state index is 13.0. The Kier molecular flexibility index (Phi) is 3.88. The monoisotopic (exact) mass is 301 g/mol. The van der Waals surface area contributed by atoms with Crippen LogP contribution in [0.5, 0.6) is 0 Å². The number of hydrogen-bond donors (Lipinski definition) is 2. The highest BCUT2D eigenvalue weighted by molar-refractivity contribution is 6.31. The Morgan fingerprint density at radius 1 is 1.14 bits per heavy atom. The molecule has 106 valence electrons. The predicted molar refractivity (Wildman–Crippen MR) is 82.8 cm³/mol. The highest BCUT2D eigenvalue weighted by Gasteiger charge is 2.03. The molecule has 3 rings (SSSR count). The van der Waals surface area contributed by atoms with E-state index in [0.29, 0.717) is 11.6 Å². The minimum absolute atomic E-state index is 0.329. The van der Waals surface area contributed by atoms with Crippen LogP contribution >= 0.6 is 11.6 Å². The molecule has 0 spiro atoms. The molecule has 0 radical (unpaired) electrons. The smallest absolute Gasteiger partial charge is 0.124 e. The number of benzene rings is 2. The van der Waals surface area contributed by atoms with Crippen LogP contribution in [0.3, 0.4) is 0 Å². The Morgan fingerprint density at radius 2 is 2.05 bits per heavy atom. The van der Waals surface area contributed by atoms with Gasteiger partial charge < -0.3 is 5.32 Å². The molecule has 3 nitrogen and oxygen atoms in total. The third-order valence-electron chi connectivity index (χ3n) is 3.17. The van der Waals surface area contributed by atoms with Gasteiger partial charge in [-0.3, -0.25) is 5.10 Å². The molecule has 0 aliphatic rings. The van der Waals surface area contributed by atoms with Crippen LogP contribution in [0.1, 0.15) is 5.56 Å². The van der Waals surface area contributed by atoms with Gasteiger partial charge in [0.1, 0.15) is 5.82 Å². The summed E-state index contributed by atoms with van der Waals surface area (Å²) in [5.74, 6) is -0.329.